The van der Waals surface area contributed by atoms with E-state index in [9.17, 15) is 4.79 Å². The van der Waals surface area contributed by atoms with Gasteiger partial charge in [0.25, 0.3) is 0 Å². The van der Waals surface area contributed by atoms with Crippen molar-refractivity contribution in [3.05, 3.63) is 35.4 Å². The molecule has 2 nitrogen and oxygen atoms in total. The summed E-state index contributed by atoms with van der Waals surface area (Å²) in [4.78, 5) is 11.9. The van der Waals surface area contributed by atoms with Crippen molar-refractivity contribution in [2.75, 3.05) is 0 Å². The first-order chi connectivity index (χ1) is 8.24. The molecule has 1 aromatic carbocycles. The minimum Gasteiger partial charge on any atom is -0.461 e. The minimum atomic E-state index is -0.0205. The van der Waals surface area contributed by atoms with Crippen molar-refractivity contribution in [3.63, 3.8) is 0 Å². The fourth-order valence-electron chi connectivity index (χ4n) is 2.48. The van der Waals surface area contributed by atoms with E-state index in [0.29, 0.717) is 0 Å². The Kier molecular flexibility index (Phi) is 3.82. The Bertz CT molecular complexity index is 369. The molecule has 0 heterocycles. The van der Waals surface area contributed by atoms with Crippen LogP contribution in [0.1, 0.15) is 37.8 Å². The first kappa shape index (κ1) is 12.2. The van der Waals surface area contributed by atoms with Crippen molar-refractivity contribution in [1.29, 1.82) is 0 Å². The van der Waals surface area contributed by atoms with E-state index in [4.69, 9.17) is 4.74 Å². The molecule has 0 aromatic heterocycles. The van der Waals surface area contributed by atoms with E-state index in [1.165, 1.54) is 11.1 Å². The van der Waals surface area contributed by atoms with Crippen LogP contribution in [0.2, 0.25) is 0 Å². The largest absolute Gasteiger partial charge is 0.461 e. The van der Waals surface area contributed by atoms with Gasteiger partial charge in [-0.3, -0.25) is 4.79 Å². The molecule has 17 heavy (non-hydrogen) atoms. The number of benzene rings is 1. The van der Waals surface area contributed by atoms with Crippen molar-refractivity contribution >= 4 is 5.97 Å². The van der Waals surface area contributed by atoms with Crippen LogP contribution in [-0.2, 0) is 22.4 Å². The highest BCUT2D eigenvalue weighted by atomic mass is 16.5. The summed E-state index contributed by atoms with van der Waals surface area (Å²) in [6, 6.07) is 8.34. The van der Waals surface area contributed by atoms with E-state index in [2.05, 4.69) is 12.1 Å². The summed E-state index contributed by atoms with van der Waals surface area (Å²) >= 11 is 0. The number of hydrogen-bond acceptors (Lipinski definition) is 2. The topological polar surface area (TPSA) is 26.3 Å². The quantitative estimate of drug-likeness (QED) is 0.745. The van der Waals surface area contributed by atoms with Crippen LogP contribution in [0.15, 0.2) is 24.3 Å². The fraction of sp³-hybridized carbons (Fsp3) is 0.533. The number of esters is 1. The van der Waals surface area contributed by atoms with Gasteiger partial charge >= 0.3 is 5.97 Å². The van der Waals surface area contributed by atoms with Gasteiger partial charge in [-0.05, 0) is 24.0 Å². The number of ether oxygens (including phenoxy) is 1. The second kappa shape index (κ2) is 5.35. The van der Waals surface area contributed by atoms with Crippen LogP contribution in [-0.4, -0.2) is 12.1 Å². The molecule has 0 atom stereocenters. The zero-order chi connectivity index (χ0) is 12.3. The molecule has 0 amide bonds. The Morgan fingerprint density at radius 3 is 2.24 bits per heavy atom. The summed E-state index contributed by atoms with van der Waals surface area (Å²) < 4.78 is 5.60. The molecule has 0 aliphatic heterocycles. The summed E-state index contributed by atoms with van der Waals surface area (Å²) in [5.41, 5.74) is 2.66. The lowest BCUT2D eigenvalue weighted by molar-refractivity contribution is -0.153. The van der Waals surface area contributed by atoms with Gasteiger partial charge in [0, 0.05) is 12.8 Å². The van der Waals surface area contributed by atoms with Gasteiger partial charge in [-0.15, -0.1) is 0 Å². The molecule has 0 fully saturated rings. The number of hydrogen-bond donors (Lipinski definition) is 0. The number of rotatable bonds is 4. The van der Waals surface area contributed by atoms with E-state index < -0.39 is 0 Å². The Morgan fingerprint density at radius 2 is 1.76 bits per heavy atom. The van der Waals surface area contributed by atoms with E-state index >= 15 is 0 Å². The second-order valence-electron chi connectivity index (χ2n) is 4.75. The van der Waals surface area contributed by atoms with Crippen LogP contribution in [0.3, 0.4) is 0 Å². The van der Waals surface area contributed by atoms with Crippen LogP contribution in [0.5, 0.6) is 0 Å². The first-order valence-corrected chi connectivity index (χ1v) is 6.51. The summed E-state index contributed by atoms with van der Waals surface area (Å²) in [5.74, 6) is 0.0477. The lowest BCUT2D eigenvalue weighted by Crippen LogP contribution is -2.24. The minimum absolute atomic E-state index is 0.0205. The highest BCUT2D eigenvalue weighted by molar-refractivity contribution is 5.72. The Hall–Kier alpha value is -1.31. The zero-order valence-electron chi connectivity index (χ0n) is 10.6. The molecule has 0 unspecified atom stereocenters. The highest BCUT2D eigenvalue weighted by Gasteiger charge is 2.26. The van der Waals surface area contributed by atoms with Crippen molar-refractivity contribution in [3.8, 4) is 0 Å². The number of fused-ring (bicyclic) bond motifs is 1. The van der Waals surface area contributed by atoms with Crippen LogP contribution in [0.4, 0.5) is 0 Å². The number of carbonyl (C=O) groups is 1. The average molecular weight is 232 g/mol. The molecule has 0 radical (unpaired) electrons. The van der Waals surface area contributed by atoms with Gasteiger partial charge < -0.3 is 4.74 Å². The SMILES string of the molecule is CCC(CC)C(=O)OC1Cc2ccccc2C1. The molecule has 0 spiro atoms. The van der Waals surface area contributed by atoms with E-state index in [0.717, 1.165) is 25.7 Å². The number of carbonyl (C=O) groups excluding carboxylic acids is 1. The first-order valence-electron chi connectivity index (χ1n) is 6.51. The van der Waals surface area contributed by atoms with Crippen LogP contribution in [0, 0.1) is 5.92 Å². The predicted octanol–water partition coefficient (Wildman–Crippen LogP) is 3.13. The van der Waals surface area contributed by atoms with Gasteiger partial charge in [-0.25, -0.2) is 0 Å². The molecular formula is C15H20O2. The molecule has 0 saturated carbocycles. The zero-order valence-corrected chi connectivity index (χ0v) is 10.6. The maximum absolute atomic E-state index is 11.9. The molecule has 0 bridgehead atoms. The van der Waals surface area contributed by atoms with Gasteiger partial charge in [0.05, 0.1) is 5.92 Å². The van der Waals surface area contributed by atoms with Gasteiger partial charge in [0.15, 0.2) is 0 Å². The molecule has 1 aliphatic rings. The predicted molar refractivity (Wildman–Crippen MR) is 67.8 cm³/mol. The molecule has 0 N–H and O–H groups in total. The summed E-state index contributed by atoms with van der Waals surface area (Å²) in [7, 11) is 0. The van der Waals surface area contributed by atoms with Gasteiger partial charge in [-0.2, -0.15) is 0 Å². The van der Waals surface area contributed by atoms with Gasteiger partial charge in [0.1, 0.15) is 6.10 Å². The molecular weight excluding hydrogens is 212 g/mol. The average Bonchev–Trinajstić information content (AvgIpc) is 2.72. The normalized spacial score (nSPS) is 15.0. The van der Waals surface area contributed by atoms with Gasteiger partial charge in [0.2, 0.25) is 0 Å². The summed E-state index contributed by atoms with van der Waals surface area (Å²) in [6.07, 6.45) is 3.55. The molecule has 2 rings (SSSR count). The van der Waals surface area contributed by atoms with Crippen molar-refractivity contribution in [2.24, 2.45) is 5.92 Å². The smallest absolute Gasteiger partial charge is 0.309 e. The monoisotopic (exact) mass is 232 g/mol. The molecule has 0 saturated heterocycles. The third kappa shape index (κ3) is 2.68. The summed E-state index contributed by atoms with van der Waals surface area (Å²) in [5, 5.41) is 0. The molecule has 1 aromatic rings. The molecule has 2 heteroatoms. The third-order valence-electron chi connectivity index (χ3n) is 3.62. The Morgan fingerprint density at radius 1 is 1.24 bits per heavy atom. The standard InChI is InChI=1S/C15H20O2/c1-3-11(4-2)15(16)17-14-9-12-7-5-6-8-13(12)10-14/h5-8,11,14H,3-4,9-10H2,1-2H3. The van der Waals surface area contributed by atoms with E-state index in [1.54, 1.807) is 0 Å². The lowest BCUT2D eigenvalue weighted by Gasteiger charge is -2.16. The summed E-state index contributed by atoms with van der Waals surface area (Å²) in [6.45, 7) is 4.08. The van der Waals surface area contributed by atoms with Crippen molar-refractivity contribution < 1.29 is 9.53 Å². The maximum Gasteiger partial charge on any atom is 0.309 e. The van der Waals surface area contributed by atoms with Gasteiger partial charge in [-0.1, -0.05) is 38.1 Å². The molecule has 1 aliphatic carbocycles. The van der Waals surface area contributed by atoms with E-state index in [1.807, 2.05) is 26.0 Å². The molecule has 92 valence electrons. The second-order valence-corrected chi connectivity index (χ2v) is 4.75. The Labute approximate surface area is 103 Å². The van der Waals surface area contributed by atoms with Crippen LogP contribution in [0.25, 0.3) is 0 Å². The van der Waals surface area contributed by atoms with Crippen LogP contribution >= 0.6 is 0 Å². The van der Waals surface area contributed by atoms with E-state index in [-0.39, 0.29) is 18.0 Å². The lowest BCUT2D eigenvalue weighted by atomic mass is 10.0. The van der Waals surface area contributed by atoms with Crippen molar-refractivity contribution in [2.45, 2.75) is 45.6 Å². The third-order valence-corrected chi connectivity index (χ3v) is 3.62. The highest BCUT2D eigenvalue weighted by Crippen LogP contribution is 2.25. The van der Waals surface area contributed by atoms with Crippen LogP contribution < -0.4 is 0 Å². The fourth-order valence-corrected chi connectivity index (χ4v) is 2.48. The van der Waals surface area contributed by atoms with Crippen molar-refractivity contribution in [1.82, 2.24) is 0 Å². The maximum atomic E-state index is 11.9. The Balaban J connectivity index is 1.93.